The molecule has 2 nitrogen and oxygen atoms in total. The summed E-state index contributed by atoms with van der Waals surface area (Å²) in [6.45, 7) is 15.5. The molecule has 1 fully saturated rings. The second-order valence-corrected chi connectivity index (χ2v) is 7.46. The topological polar surface area (TPSA) is 15.3 Å². The summed E-state index contributed by atoms with van der Waals surface area (Å²) in [6, 6.07) is 0.690. The number of piperidine rings is 1. The highest BCUT2D eigenvalue weighted by Crippen LogP contribution is 2.30. The van der Waals surface area contributed by atoms with Crippen molar-refractivity contribution >= 4 is 0 Å². The van der Waals surface area contributed by atoms with Crippen molar-refractivity contribution in [3.63, 3.8) is 0 Å². The van der Waals surface area contributed by atoms with E-state index in [9.17, 15) is 0 Å². The predicted molar refractivity (Wildman–Crippen MR) is 76.3 cm³/mol. The van der Waals surface area contributed by atoms with E-state index in [1.807, 2.05) is 0 Å². The van der Waals surface area contributed by atoms with Crippen LogP contribution >= 0.6 is 0 Å². The molecule has 0 aromatic rings. The van der Waals surface area contributed by atoms with Gasteiger partial charge in [-0.15, -0.1) is 0 Å². The van der Waals surface area contributed by atoms with Crippen molar-refractivity contribution in [2.75, 3.05) is 26.7 Å². The lowest BCUT2D eigenvalue weighted by Gasteiger charge is -2.40. The molecule has 2 atom stereocenters. The van der Waals surface area contributed by atoms with Crippen molar-refractivity contribution in [2.45, 2.75) is 53.5 Å². The Balaban J connectivity index is 2.54. The first kappa shape index (κ1) is 15.0. The number of likely N-dealkylation sites (tertiary alicyclic amines) is 1. The van der Waals surface area contributed by atoms with E-state index in [-0.39, 0.29) is 0 Å². The molecule has 0 amide bonds. The summed E-state index contributed by atoms with van der Waals surface area (Å²) in [5, 5.41) is 3.48. The standard InChI is InChI=1S/C15H32N2/c1-12(2)9-17-10-13(8-15(3,4)5)7-14(11-17)16-6/h12-14,16H,7-11H2,1-6H3. The number of nitrogens with zero attached hydrogens (tertiary/aromatic N) is 1. The van der Waals surface area contributed by atoms with Gasteiger partial charge in [-0.2, -0.15) is 0 Å². The highest BCUT2D eigenvalue weighted by molar-refractivity contribution is 4.85. The molecule has 0 bridgehead atoms. The summed E-state index contributed by atoms with van der Waals surface area (Å²) < 4.78 is 0. The van der Waals surface area contributed by atoms with Gasteiger partial charge in [0, 0.05) is 25.7 Å². The summed E-state index contributed by atoms with van der Waals surface area (Å²) in [5.74, 6) is 1.64. The molecule has 0 spiro atoms. The van der Waals surface area contributed by atoms with Crippen molar-refractivity contribution in [1.82, 2.24) is 10.2 Å². The molecular formula is C15H32N2. The van der Waals surface area contributed by atoms with E-state index in [4.69, 9.17) is 0 Å². The number of rotatable bonds is 4. The van der Waals surface area contributed by atoms with Crippen LogP contribution in [-0.4, -0.2) is 37.6 Å². The van der Waals surface area contributed by atoms with Crippen molar-refractivity contribution in [3.8, 4) is 0 Å². The number of likely N-dealkylation sites (N-methyl/N-ethyl adjacent to an activating group) is 1. The highest BCUT2D eigenvalue weighted by Gasteiger charge is 2.29. The van der Waals surface area contributed by atoms with Crippen molar-refractivity contribution in [3.05, 3.63) is 0 Å². The molecule has 0 aliphatic carbocycles. The molecule has 1 heterocycles. The Morgan fingerprint density at radius 2 is 1.88 bits per heavy atom. The number of hydrogen-bond donors (Lipinski definition) is 1. The van der Waals surface area contributed by atoms with Crippen molar-refractivity contribution in [1.29, 1.82) is 0 Å². The Hall–Kier alpha value is -0.0800. The van der Waals surface area contributed by atoms with E-state index in [1.54, 1.807) is 0 Å². The lowest BCUT2D eigenvalue weighted by Crippen LogP contribution is -2.49. The minimum Gasteiger partial charge on any atom is -0.316 e. The Morgan fingerprint density at radius 3 is 2.35 bits per heavy atom. The first-order chi connectivity index (χ1) is 7.80. The zero-order valence-electron chi connectivity index (χ0n) is 12.7. The van der Waals surface area contributed by atoms with Gasteiger partial charge < -0.3 is 10.2 Å². The summed E-state index contributed by atoms with van der Waals surface area (Å²) in [5.41, 5.74) is 0.462. The monoisotopic (exact) mass is 240 g/mol. The van der Waals surface area contributed by atoms with Crippen LogP contribution in [0, 0.1) is 17.3 Å². The zero-order chi connectivity index (χ0) is 13.1. The summed E-state index contributed by atoms with van der Waals surface area (Å²) in [6.07, 6.45) is 2.70. The molecule has 0 radical (unpaired) electrons. The maximum atomic E-state index is 3.48. The largest absolute Gasteiger partial charge is 0.316 e. The van der Waals surface area contributed by atoms with E-state index < -0.39 is 0 Å². The molecule has 2 unspecified atom stereocenters. The lowest BCUT2D eigenvalue weighted by molar-refractivity contribution is 0.107. The van der Waals surface area contributed by atoms with E-state index in [0.29, 0.717) is 11.5 Å². The highest BCUT2D eigenvalue weighted by atomic mass is 15.2. The Labute approximate surface area is 108 Å². The van der Waals surface area contributed by atoms with Gasteiger partial charge in [-0.05, 0) is 37.1 Å². The molecule has 0 aromatic carbocycles. The fraction of sp³-hybridized carbons (Fsp3) is 1.00. The average Bonchev–Trinajstić information content (AvgIpc) is 2.13. The smallest absolute Gasteiger partial charge is 0.0195 e. The van der Waals surface area contributed by atoms with Gasteiger partial charge in [-0.1, -0.05) is 34.6 Å². The van der Waals surface area contributed by atoms with Crippen LogP contribution in [-0.2, 0) is 0 Å². The van der Waals surface area contributed by atoms with E-state index in [2.05, 4.69) is 51.9 Å². The summed E-state index contributed by atoms with van der Waals surface area (Å²) in [4.78, 5) is 2.66. The average molecular weight is 240 g/mol. The third-order valence-electron chi connectivity index (χ3n) is 3.55. The first-order valence-electron chi connectivity index (χ1n) is 7.20. The Bertz CT molecular complexity index is 217. The first-order valence-corrected chi connectivity index (χ1v) is 7.20. The maximum absolute atomic E-state index is 3.48. The molecule has 17 heavy (non-hydrogen) atoms. The minimum absolute atomic E-state index is 0.462. The van der Waals surface area contributed by atoms with Crippen LogP contribution in [0.3, 0.4) is 0 Å². The SMILES string of the molecule is CNC1CC(CC(C)(C)C)CN(CC(C)C)C1. The van der Waals surface area contributed by atoms with Crippen LogP contribution in [0.4, 0.5) is 0 Å². The molecule has 2 heteroatoms. The molecule has 1 aliphatic rings. The van der Waals surface area contributed by atoms with Crippen LogP contribution in [0.2, 0.25) is 0 Å². The van der Waals surface area contributed by atoms with Crippen LogP contribution < -0.4 is 5.32 Å². The molecule has 1 N–H and O–H groups in total. The Morgan fingerprint density at radius 1 is 1.24 bits per heavy atom. The maximum Gasteiger partial charge on any atom is 0.0195 e. The van der Waals surface area contributed by atoms with E-state index in [0.717, 1.165) is 11.8 Å². The van der Waals surface area contributed by atoms with Gasteiger partial charge in [-0.25, -0.2) is 0 Å². The minimum atomic E-state index is 0.462. The fourth-order valence-corrected chi connectivity index (χ4v) is 3.19. The van der Waals surface area contributed by atoms with Crippen LogP contribution in [0.5, 0.6) is 0 Å². The third-order valence-corrected chi connectivity index (χ3v) is 3.55. The van der Waals surface area contributed by atoms with Gasteiger partial charge in [0.2, 0.25) is 0 Å². The second-order valence-electron chi connectivity index (χ2n) is 7.46. The quantitative estimate of drug-likeness (QED) is 0.812. The van der Waals surface area contributed by atoms with Gasteiger partial charge in [0.25, 0.3) is 0 Å². The zero-order valence-corrected chi connectivity index (χ0v) is 12.7. The van der Waals surface area contributed by atoms with Gasteiger partial charge in [0.05, 0.1) is 0 Å². The summed E-state index contributed by atoms with van der Waals surface area (Å²) in [7, 11) is 2.11. The molecule has 102 valence electrons. The third kappa shape index (κ3) is 5.87. The van der Waals surface area contributed by atoms with Gasteiger partial charge in [-0.3, -0.25) is 0 Å². The van der Waals surface area contributed by atoms with Crippen molar-refractivity contribution in [2.24, 2.45) is 17.3 Å². The van der Waals surface area contributed by atoms with E-state index >= 15 is 0 Å². The molecule has 0 saturated carbocycles. The van der Waals surface area contributed by atoms with Crippen molar-refractivity contribution < 1.29 is 0 Å². The summed E-state index contributed by atoms with van der Waals surface area (Å²) >= 11 is 0. The van der Waals surface area contributed by atoms with E-state index in [1.165, 1.54) is 32.5 Å². The van der Waals surface area contributed by atoms with Crippen LogP contribution in [0.15, 0.2) is 0 Å². The van der Waals surface area contributed by atoms with Gasteiger partial charge >= 0.3 is 0 Å². The fourth-order valence-electron chi connectivity index (χ4n) is 3.19. The number of nitrogens with one attached hydrogen (secondary N) is 1. The Kier molecular flexibility index (Phi) is 5.46. The molecule has 1 aliphatic heterocycles. The molecular weight excluding hydrogens is 208 g/mol. The second kappa shape index (κ2) is 6.19. The molecule has 1 rings (SSSR count). The normalized spacial score (nSPS) is 27.7. The predicted octanol–water partition coefficient (Wildman–Crippen LogP) is 2.99. The van der Waals surface area contributed by atoms with Crippen LogP contribution in [0.25, 0.3) is 0 Å². The van der Waals surface area contributed by atoms with Crippen LogP contribution in [0.1, 0.15) is 47.5 Å². The molecule has 0 aromatic heterocycles. The lowest BCUT2D eigenvalue weighted by atomic mass is 9.80. The molecule has 1 saturated heterocycles. The van der Waals surface area contributed by atoms with Gasteiger partial charge in [0.1, 0.15) is 0 Å². The number of hydrogen-bond acceptors (Lipinski definition) is 2. The van der Waals surface area contributed by atoms with Gasteiger partial charge in [0.15, 0.2) is 0 Å².